The number of urea groups is 1. The van der Waals surface area contributed by atoms with Gasteiger partial charge in [0, 0.05) is 30.5 Å². The minimum Gasteiger partial charge on any atom is -0.478 e. The molecule has 1 heterocycles. The minimum absolute atomic E-state index is 0.154. The number of carboxylic acids is 1. The van der Waals surface area contributed by atoms with Crippen molar-refractivity contribution < 1.29 is 19.4 Å². The van der Waals surface area contributed by atoms with Crippen molar-refractivity contribution in [3.05, 3.63) is 35.4 Å². The second-order valence-electron chi connectivity index (χ2n) is 7.14. The number of carboxylic acid groups (broad SMARTS) is 1. The zero-order chi connectivity index (χ0) is 16.7. The highest BCUT2D eigenvalue weighted by molar-refractivity contribution is 5.87. The van der Waals surface area contributed by atoms with Gasteiger partial charge >= 0.3 is 12.0 Å². The zero-order valence-electron chi connectivity index (χ0n) is 13.5. The van der Waals surface area contributed by atoms with E-state index in [9.17, 15) is 9.59 Å². The molecule has 128 valence electrons. The smallest absolute Gasteiger partial charge is 0.335 e. The summed E-state index contributed by atoms with van der Waals surface area (Å²) in [5, 5.41) is 14.9. The number of benzene rings is 1. The zero-order valence-corrected chi connectivity index (χ0v) is 13.5. The Balaban J connectivity index is 1.31. The second-order valence-corrected chi connectivity index (χ2v) is 7.14. The van der Waals surface area contributed by atoms with Gasteiger partial charge in [0.15, 0.2) is 0 Å². The van der Waals surface area contributed by atoms with Crippen LogP contribution in [0.5, 0.6) is 0 Å². The first-order valence-electron chi connectivity index (χ1n) is 8.58. The Morgan fingerprint density at radius 1 is 1.25 bits per heavy atom. The van der Waals surface area contributed by atoms with E-state index in [1.807, 2.05) is 0 Å². The van der Waals surface area contributed by atoms with E-state index in [4.69, 9.17) is 9.84 Å². The quantitative estimate of drug-likeness (QED) is 0.789. The van der Waals surface area contributed by atoms with Crippen molar-refractivity contribution in [2.45, 2.75) is 44.4 Å². The van der Waals surface area contributed by atoms with Crippen LogP contribution in [0.2, 0.25) is 0 Å². The molecule has 2 amide bonds. The molecule has 3 unspecified atom stereocenters. The number of carbonyl (C=O) groups excluding carboxylic acids is 1. The molecule has 2 aliphatic carbocycles. The number of nitrogens with one attached hydrogen (secondary N) is 2. The van der Waals surface area contributed by atoms with Crippen molar-refractivity contribution in [3.8, 4) is 0 Å². The predicted molar refractivity (Wildman–Crippen MR) is 86.7 cm³/mol. The predicted octanol–water partition coefficient (Wildman–Crippen LogP) is 2.14. The molecule has 2 saturated carbocycles. The number of hydrogen-bond acceptors (Lipinski definition) is 3. The first kappa shape index (κ1) is 15.4. The van der Waals surface area contributed by atoms with Crippen LogP contribution < -0.4 is 10.6 Å². The molecule has 3 atom stereocenters. The highest BCUT2D eigenvalue weighted by Gasteiger charge is 2.66. The van der Waals surface area contributed by atoms with E-state index in [2.05, 4.69) is 10.6 Å². The lowest BCUT2D eigenvalue weighted by Gasteiger charge is -2.63. The molecule has 0 radical (unpaired) electrons. The van der Waals surface area contributed by atoms with Crippen LogP contribution in [0.25, 0.3) is 0 Å². The molecular weight excluding hydrogens is 308 g/mol. The Morgan fingerprint density at radius 2 is 2.00 bits per heavy atom. The van der Waals surface area contributed by atoms with Crippen LogP contribution in [0.15, 0.2) is 24.3 Å². The lowest BCUT2D eigenvalue weighted by molar-refractivity contribution is -0.172. The standard InChI is InChI=1S/C18H22N2O4/c21-16(22)12-4-2-11(3-5-12)10-19-17(23)20-14-13-6-9-24-15(13)18(14)7-1-8-18/h2-5,13-15H,1,6-10H2,(H,21,22)(H2,19,20,23). The molecule has 1 aromatic carbocycles. The van der Waals surface area contributed by atoms with Crippen molar-refractivity contribution in [1.29, 1.82) is 0 Å². The topological polar surface area (TPSA) is 87.7 Å². The van der Waals surface area contributed by atoms with Gasteiger partial charge in [-0.05, 0) is 37.0 Å². The summed E-state index contributed by atoms with van der Waals surface area (Å²) >= 11 is 0. The van der Waals surface area contributed by atoms with Crippen LogP contribution in [-0.4, -0.2) is 35.9 Å². The SMILES string of the molecule is O=C(NCc1ccc(C(=O)O)cc1)NC1C2CCOC2C12CCC2. The van der Waals surface area contributed by atoms with E-state index >= 15 is 0 Å². The lowest BCUT2D eigenvalue weighted by Crippen LogP contribution is -2.72. The summed E-state index contributed by atoms with van der Waals surface area (Å²) in [6.07, 6.45) is 4.90. The van der Waals surface area contributed by atoms with Crippen molar-refractivity contribution in [2.75, 3.05) is 6.61 Å². The summed E-state index contributed by atoms with van der Waals surface area (Å²) in [5.74, 6) is -0.484. The molecule has 24 heavy (non-hydrogen) atoms. The molecule has 3 fully saturated rings. The summed E-state index contributed by atoms with van der Waals surface area (Å²) in [6, 6.07) is 6.62. The molecule has 6 heteroatoms. The summed E-state index contributed by atoms with van der Waals surface area (Å²) < 4.78 is 5.86. The van der Waals surface area contributed by atoms with Crippen LogP contribution in [0.3, 0.4) is 0 Å². The van der Waals surface area contributed by atoms with Crippen molar-refractivity contribution in [3.63, 3.8) is 0 Å². The van der Waals surface area contributed by atoms with E-state index < -0.39 is 5.97 Å². The fourth-order valence-corrected chi connectivity index (χ4v) is 4.60. The highest BCUT2D eigenvalue weighted by Crippen LogP contribution is 2.62. The van der Waals surface area contributed by atoms with Crippen molar-refractivity contribution in [1.82, 2.24) is 10.6 Å². The molecule has 1 aliphatic heterocycles. The maximum Gasteiger partial charge on any atom is 0.335 e. The van der Waals surface area contributed by atoms with Crippen molar-refractivity contribution in [2.24, 2.45) is 11.3 Å². The maximum absolute atomic E-state index is 12.3. The summed E-state index contributed by atoms with van der Waals surface area (Å²) in [4.78, 5) is 23.1. The minimum atomic E-state index is -0.948. The first-order valence-corrected chi connectivity index (χ1v) is 8.58. The van der Waals surface area contributed by atoms with Crippen molar-refractivity contribution >= 4 is 12.0 Å². The third kappa shape index (κ3) is 2.36. The maximum atomic E-state index is 12.3. The molecule has 3 N–H and O–H groups in total. The molecule has 1 aromatic rings. The van der Waals surface area contributed by atoms with Gasteiger partial charge in [0.05, 0.1) is 11.7 Å². The van der Waals surface area contributed by atoms with Crippen LogP contribution in [-0.2, 0) is 11.3 Å². The van der Waals surface area contributed by atoms with Crippen LogP contribution in [0.4, 0.5) is 4.79 Å². The third-order valence-corrected chi connectivity index (χ3v) is 5.98. The molecule has 1 spiro atoms. The Labute approximate surface area is 140 Å². The van der Waals surface area contributed by atoms with Crippen LogP contribution in [0.1, 0.15) is 41.6 Å². The molecule has 0 bridgehead atoms. The van der Waals surface area contributed by atoms with Gasteiger partial charge in [0.2, 0.25) is 0 Å². The van der Waals surface area contributed by atoms with Crippen LogP contribution in [0, 0.1) is 11.3 Å². The number of fused-ring (bicyclic) bond motifs is 2. The number of rotatable bonds is 4. The monoisotopic (exact) mass is 330 g/mol. The van der Waals surface area contributed by atoms with E-state index in [-0.39, 0.29) is 23.1 Å². The first-order chi connectivity index (χ1) is 11.6. The van der Waals surface area contributed by atoms with Gasteiger partial charge in [0.25, 0.3) is 0 Å². The Kier molecular flexibility index (Phi) is 3.72. The van der Waals surface area contributed by atoms with Gasteiger partial charge in [-0.2, -0.15) is 0 Å². The summed E-state index contributed by atoms with van der Waals surface area (Å²) in [7, 11) is 0. The number of ether oxygens (including phenoxy) is 1. The largest absolute Gasteiger partial charge is 0.478 e. The normalized spacial score (nSPS) is 29.2. The van der Waals surface area contributed by atoms with Gasteiger partial charge in [-0.3, -0.25) is 0 Å². The Morgan fingerprint density at radius 3 is 2.62 bits per heavy atom. The van der Waals surface area contributed by atoms with E-state index in [1.165, 1.54) is 6.42 Å². The second kappa shape index (κ2) is 5.77. The van der Waals surface area contributed by atoms with Crippen LogP contribution >= 0.6 is 0 Å². The number of amides is 2. The molecule has 0 aromatic heterocycles. The third-order valence-electron chi connectivity index (χ3n) is 5.98. The number of hydrogen-bond donors (Lipinski definition) is 3. The highest BCUT2D eigenvalue weighted by atomic mass is 16.5. The fourth-order valence-electron chi connectivity index (χ4n) is 4.60. The lowest BCUT2D eigenvalue weighted by atomic mass is 9.46. The molecule has 6 nitrogen and oxygen atoms in total. The van der Waals surface area contributed by atoms with Gasteiger partial charge in [-0.1, -0.05) is 18.6 Å². The molecule has 1 saturated heterocycles. The van der Waals surface area contributed by atoms with Gasteiger partial charge in [0.1, 0.15) is 0 Å². The summed E-state index contributed by atoms with van der Waals surface area (Å²) in [6.45, 7) is 1.20. The van der Waals surface area contributed by atoms with E-state index in [1.54, 1.807) is 24.3 Å². The van der Waals surface area contributed by atoms with Gasteiger partial charge in [-0.25, -0.2) is 9.59 Å². The summed E-state index contributed by atoms with van der Waals surface area (Å²) in [5.41, 5.74) is 1.31. The molecule has 3 aliphatic rings. The van der Waals surface area contributed by atoms with Gasteiger partial charge < -0.3 is 20.5 Å². The average molecular weight is 330 g/mol. The van der Waals surface area contributed by atoms with E-state index in [0.717, 1.165) is 31.4 Å². The van der Waals surface area contributed by atoms with E-state index in [0.29, 0.717) is 18.6 Å². The number of carbonyl (C=O) groups is 2. The fraction of sp³-hybridized carbons (Fsp3) is 0.556. The average Bonchev–Trinajstić information content (AvgIpc) is 2.95. The molecule has 4 rings (SSSR count). The van der Waals surface area contributed by atoms with Gasteiger partial charge in [-0.15, -0.1) is 0 Å². The number of aromatic carboxylic acids is 1. The Bertz CT molecular complexity index is 653. The molecular formula is C18H22N2O4. The Hall–Kier alpha value is -2.08.